The first kappa shape index (κ1) is 12.6. The quantitative estimate of drug-likeness (QED) is 0.721. The van der Waals surface area contributed by atoms with Crippen molar-refractivity contribution >= 4 is 12.6 Å². The molecular formula is C20H22O4. The molecule has 0 aromatic rings. The summed E-state index contributed by atoms with van der Waals surface area (Å²) in [5.74, 6) is 4.72. The van der Waals surface area contributed by atoms with E-state index in [2.05, 4.69) is 0 Å². The predicted molar refractivity (Wildman–Crippen MR) is 80.7 cm³/mol. The van der Waals surface area contributed by atoms with E-state index in [1.165, 1.54) is 25.4 Å². The fraction of sp³-hybridized carbons (Fsp3) is 0.900. The summed E-state index contributed by atoms with van der Waals surface area (Å²) >= 11 is 0. The lowest BCUT2D eigenvalue weighted by atomic mass is 9.72. The third-order valence-electron chi connectivity index (χ3n) is 10.4. The molecule has 8 rings (SSSR count). The van der Waals surface area contributed by atoms with Crippen LogP contribution in [0.5, 0.6) is 0 Å². The Morgan fingerprint density at radius 1 is 0.625 bits per heavy atom. The van der Waals surface area contributed by atoms with Gasteiger partial charge in [-0.3, -0.25) is 0 Å². The molecule has 0 bridgehead atoms. The van der Waals surface area contributed by atoms with E-state index < -0.39 is 11.2 Å². The molecule has 8 aliphatic rings. The second-order valence-corrected chi connectivity index (χ2v) is 10.2. The molecule has 0 amide bonds. The van der Waals surface area contributed by atoms with Gasteiger partial charge in [0.25, 0.3) is 0 Å². The zero-order chi connectivity index (χ0) is 15.6. The smallest absolute Gasteiger partial charge is 0.152 e. The molecule has 6 aliphatic carbocycles. The predicted octanol–water partition coefficient (Wildman–Crippen LogP) is 1.46. The van der Waals surface area contributed by atoms with E-state index >= 15 is 0 Å². The maximum Gasteiger partial charge on any atom is 0.152 e. The molecule has 8 fully saturated rings. The first-order valence-electron chi connectivity index (χ1n) is 10.0. The first-order chi connectivity index (χ1) is 11.8. The summed E-state index contributed by atoms with van der Waals surface area (Å²) in [6.07, 6.45) is 7.52. The van der Waals surface area contributed by atoms with Crippen molar-refractivity contribution in [3.05, 3.63) is 0 Å². The van der Waals surface area contributed by atoms with Gasteiger partial charge in [-0.2, -0.15) is 0 Å². The van der Waals surface area contributed by atoms with Gasteiger partial charge in [-0.1, -0.05) is 0 Å². The summed E-state index contributed by atoms with van der Waals surface area (Å²) in [6, 6.07) is 0. The molecule has 24 heavy (non-hydrogen) atoms. The lowest BCUT2D eigenvalue weighted by molar-refractivity contribution is -0.150. The van der Waals surface area contributed by atoms with Gasteiger partial charge in [-0.25, -0.2) is 0 Å². The minimum atomic E-state index is -0.503. The fourth-order valence-corrected chi connectivity index (χ4v) is 10.8. The lowest BCUT2D eigenvalue weighted by Gasteiger charge is -2.35. The van der Waals surface area contributed by atoms with Crippen molar-refractivity contribution in [3.63, 3.8) is 0 Å². The Morgan fingerprint density at radius 2 is 1.08 bits per heavy atom. The molecule has 0 unspecified atom stereocenters. The zero-order valence-corrected chi connectivity index (χ0v) is 13.5. The van der Waals surface area contributed by atoms with Gasteiger partial charge in [0.1, 0.15) is 11.2 Å². The van der Waals surface area contributed by atoms with E-state index in [0.717, 1.165) is 12.8 Å². The van der Waals surface area contributed by atoms with Crippen molar-refractivity contribution in [1.82, 2.24) is 0 Å². The molecule has 0 aromatic carbocycles. The van der Waals surface area contributed by atoms with Crippen molar-refractivity contribution in [2.75, 3.05) is 0 Å². The van der Waals surface area contributed by atoms with Crippen LogP contribution in [-0.2, 0) is 19.1 Å². The highest BCUT2D eigenvalue weighted by atomic mass is 16.5. The molecular weight excluding hydrogens is 304 g/mol. The molecule has 0 aromatic heterocycles. The lowest BCUT2D eigenvalue weighted by Crippen LogP contribution is -2.46. The van der Waals surface area contributed by atoms with E-state index in [1.54, 1.807) is 0 Å². The van der Waals surface area contributed by atoms with Crippen LogP contribution in [0.1, 0.15) is 25.7 Å². The zero-order valence-electron chi connectivity index (χ0n) is 13.5. The van der Waals surface area contributed by atoms with Crippen molar-refractivity contribution in [2.45, 2.75) is 49.1 Å². The van der Waals surface area contributed by atoms with Gasteiger partial charge in [0.15, 0.2) is 12.6 Å². The fourth-order valence-electron chi connectivity index (χ4n) is 10.8. The summed E-state index contributed by atoms with van der Waals surface area (Å²) in [5.41, 5.74) is -1.01. The van der Waals surface area contributed by atoms with E-state index in [0.29, 0.717) is 59.2 Å². The average Bonchev–Trinajstić information content (AvgIpc) is 3.36. The average molecular weight is 326 g/mol. The molecule has 2 saturated heterocycles. The van der Waals surface area contributed by atoms with E-state index in [1.807, 2.05) is 0 Å². The maximum absolute atomic E-state index is 12.5. The molecule has 0 radical (unpaired) electrons. The Balaban J connectivity index is 1.47. The summed E-state index contributed by atoms with van der Waals surface area (Å²) in [5, 5.41) is 0. The van der Waals surface area contributed by atoms with Crippen molar-refractivity contribution in [1.29, 1.82) is 0 Å². The molecule has 14 atom stereocenters. The van der Waals surface area contributed by atoms with Gasteiger partial charge in [-0.05, 0) is 61.2 Å². The molecule has 0 spiro atoms. The number of carbonyl (C=O) groups is 2. The molecule has 0 N–H and O–H groups in total. The molecule has 2 aliphatic heterocycles. The topological polar surface area (TPSA) is 52.6 Å². The number of hydrogen-bond donors (Lipinski definition) is 0. The minimum Gasteiger partial charge on any atom is -0.363 e. The van der Waals surface area contributed by atoms with E-state index in [-0.39, 0.29) is 12.2 Å². The van der Waals surface area contributed by atoms with E-state index in [9.17, 15) is 9.59 Å². The SMILES string of the molecule is O=C[C@]12O[C@H]3CC[C@H]4[C@@H]3[C@@H]1[C@@H]1[C@H]3[C@H]5[C@H]6[C@@H](CC[C@H]6O[C@@]5(C=O)[C@@H]41)[C@H]32. The van der Waals surface area contributed by atoms with E-state index in [4.69, 9.17) is 9.47 Å². The number of hydrogen-bond acceptors (Lipinski definition) is 4. The van der Waals surface area contributed by atoms with Gasteiger partial charge in [-0.15, -0.1) is 0 Å². The monoisotopic (exact) mass is 326 g/mol. The number of ether oxygens (including phenoxy) is 2. The Kier molecular flexibility index (Phi) is 1.73. The standard InChI is InChI=1S/C20H22O4/c21-5-19-15-7-1-3-9-11(7)17-13(15)14-16(20(17,6-22)23-9)8-2-4-10(24-19)12(8)18(14)19/h5-18H,1-4H2/t7-,8+,9-,10+,11-,12-,13+,14+,15-,16+,17+,18+,19-,20+/m0/s1. The first-order valence-corrected chi connectivity index (χ1v) is 10.0. The summed E-state index contributed by atoms with van der Waals surface area (Å²) in [6.45, 7) is 0. The van der Waals surface area contributed by atoms with Crippen LogP contribution in [-0.4, -0.2) is 36.0 Å². The van der Waals surface area contributed by atoms with Crippen LogP contribution in [0.4, 0.5) is 0 Å². The van der Waals surface area contributed by atoms with Crippen molar-refractivity contribution in [3.8, 4) is 0 Å². The Bertz CT molecular complexity index is 660. The molecule has 2 heterocycles. The Labute approximate surface area is 140 Å². The highest BCUT2D eigenvalue weighted by Gasteiger charge is 2.90. The van der Waals surface area contributed by atoms with Gasteiger partial charge in [0, 0.05) is 23.7 Å². The number of carbonyl (C=O) groups excluding carboxylic acids is 2. The maximum atomic E-state index is 12.5. The van der Waals surface area contributed by atoms with Gasteiger partial charge < -0.3 is 19.1 Å². The highest BCUT2D eigenvalue weighted by Crippen LogP contribution is 2.85. The van der Waals surface area contributed by atoms with Crippen molar-refractivity contribution < 1.29 is 19.1 Å². The van der Waals surface area contributed by atoms with Crippen LogP contribution in [0.2, 0.25) is 0 Å². The molecule has 4 heteroatoms. The Hall–Kier alpha value is -0.740. The Morgan fingerprint density at radius 3 is 1.50 bits per heavy atom. The third-order valence-corrected chi connectivity index (χ3v) is 10.4. The van der Waals surface area contributed by atoms with Crippen LogP contribution in [0, 0.1) is 59.2 Å². The number of fused-ring (bicyclic) bond motifs is 4. The van der Waals surface area contributed by atoms with Crippen LogP contribution in [0.15, 0.2) is 0 Å². The number of aldehydes is 2. The van der Waals surface area contributed by atoms with Crippen LogP contribution < -0.4 is 0 Å². The number of rotatable bonds is 2. The van der Waals surface area contributed by atoms with Gasteiger partial charge in [0.05, 0.1) is 12.2 Å². The summed E-state index contributed by atoms with van der Waals surface area (Å²) < 4.78 is 13.3. The molecule has 4 nitrogen and oxygen atoms in total. The summed E-state index contributed by atoms with van der Waals surface area (Å²) in [7, 11) is 0. The normalized spacial score (nSPS) is 76.8. The van der Waals surface area contributed by atoms with Crippen LogP contribution >= 0.6 is 0 Å². The van der Waals surface area contributed by atoms with Gasteiger partial charge >= 0.3 is 0 Å². The van der Waals surface area contributed by atoms with Crippen molar-refractivity contribution in [2.24, 2.45) is 59.2 Å². The largest absolute Gasteiger partial charge is 0.363 e. The van der Waals surface area contributed by atoms with Crippen LogP contribution in [0.3, 0.4) is 0 Å². The minimum absolute atomic E-state index is 0.273. The molecule has 126 valence electrons. The second kappa shape index (κ2) is 3.29. The third kappa shape index (κ3) is 0.851. The van der Waals surface area contributed by atoms with Gasteiger partial charge in [0.2, 0.25) is 0 Å². The van der Waals surface area contributed by atoms with Crippen LogP contribution in [0.25, 0.3) is 0 Å². The summed E-state index contributed by atoms with van der Waals surface area (Å²) in [4.78, 5) is 24.9. The molecule has 6 saturated carbocycles. The second-order valence-electron chi connectivity index (χ2n) is 10.2. The highest BCUT2D eigenvalue weighted by molar-refractivity contribution is 5.73.